The quantitative estimate of drug-likeness (QED) is 0.533. The van der Waals surface area contributed by atoms with E-state index in [1.165, 1.54) is 0 Å². The number of halogens is 1. The number of benzene rings is 1. The highest BCUT2D eigenvalue weighted by Gasteiger charge is 2.19. The molecule has 0 bridgehead atoms. The summed E-state index contributed by atoms with van der Waals surface area (Å²) in [6.45, 7) is 2.88. The monoisotopic (exact) mass is 408 g/mol. The maximum absolute atomic E-state index is 11.9. The third-order valence-corrected chi connectivity index (χ3v) is 5.32. The zero-order chi connectivity index (χ0) is 20.0. The van der Waals surface area contributed by atoms with E-state index in [9.17, 15) is 9.90 Å². The molecule has 1 saturated heterocycles. The number of anilines is 1. The predicted molar refractivity (Wildman–Crippen MR) is 112 cm³/mol. The number of nitrogens with one attached hydrogen (secondary N) is 1. The normalized spacial score (nSPS) is 14.6. The maximum atomic E-state index is 11.9. The molecule has 0 radical (unpaired) electrons. The Labute approximate surface area is 170 Å². The van der Waals surface area contributed by atoms with Gasteiger partial charge in [-0.05, 0) is 30.3 Å². The van der Waals surface area contributed by atoms with Gasteiger partial charge in [-0.2, -0.15) is 0 Å². The van der Waals surface area contributed by atoms with E-state index in [4.69, 9.17) is 26.3 Å². The average molecular weight is 409 g/mol. The fraction of sp³-hybridized carbons (Fsp3) is 0.190. The van der Waals surface area contributed by atoms with Gasteiger partial charge in [-0.25, -0.2) is 14.8 Å². The topological polar surface area (TPSA) is 91.3 Å². The van der Waals surface area contributed by atoms with Crippen molar-refractivity contribution in [1.29, 1.82) is 0 Å². The molecule has 0 aliphatic carbocycles. The van der Waals surface area contributed by atoms with Gasteiger partial charge in [-0.15, -0.1) is 0 Å². The smallest absolute Gasteiger partial charge is 0.337 e. The van der Waals surface area contributed by atoms with Crippen LogP contribution in [0.4, 0.5) is 5.82 Å². The zero-order valence-corrected chi connectivity index (χ0v) is 16.1. The van der Waals surface area contributed by atoms with Crippen molar-refractivity contribution in [2.75, 3.05) is 31.2 Å². The molecule has 0 amide bonds. The molecule has 1 fully saturated rings. The number of rotatable bonds is 3. The Balaban J connectivity index is 1.71. The molecule has 4 aromatic rings. The van der Waals surface area contributed by atoms with Crippen LogP contribution in [0.5, 0.6) is 0 Å². The summed E-state index contributed by atoms with van der Waals surface area (Å²) in [6.07, 6.45) is 0. The molecule has 0 atom stereocenters. The Morgan fingerprint density at radius 2 is 1.97 bits per heavy atom. The number of hydrogen-bond donors (Lipinski definition) is 2. The van der Waals surface area contributed by atoms with Gasteiger partial charge >= 0.3 is 5.97 Å². The lowest BCUT2D eigenvalue weighted by molar-refractivity contribution is 0.0699. The summed E-state index contributed by atoms with van der Waals surface area (Å²) in [7, 11) is 0. The summed E-state index contributed by atoms with van der Waals surface area (Å²) in [5.74, 6) is -0.195. The van der Waals surface area contributed by atoms with E-state index >= 15 is 0 Å². The van der Waals surface area contributed by atoms with Gasteiger partial charge < -0.3 is 19.7 Å². The van der Waals surface area contributed by atoms with Gasteiger partial charge in [0.1, 0.15) is 11.5 Å². The first kappa shape index (κ1) is 17.9. The molecule has 4 heterocycles. The lowest BCUT2D eigenvalue weighted by atomic mass is 10.1. The van der Waals surface area contributed by atoms with E-state index in [-0.39, 0.29) is 5.56 Å². The number of aromatic carboxylic acids is 1. The number of carbonyl (C=O) groups is 1. The summed E-state index contributed by atoms with van der Waals surface area (Å²) >= 11 is 6.11. The van der Waals surface area contributed by atoms with Crippen molar-refractivity contribution < 1.29 is 14.6 Å². The molecule has 2 N–H and O–H groups in total. The molecule has 0 unspecified atom stereocenters. The Morgan fingerprint density at radius 1 is 1.14 bits per heavy atom. The number of morpholine rings is 1. The molecule has 3 aromatic heterocycles. The largest absolute Gasteiger partial charge is 0.478 e. The average Bonchev–Trinajstić information content (AvgIpc) is 3.11. The lowest BCUT2D eigenvalue weighted by Crippen LogP contribution is -2.36. The van der Waals surface area contributed by atoms with Crippen molar-refractivity contribution in [1.82, 2.24) is 15.0 Å². The SMILES string of the molecule is O=C(O)c1cc(-c2cccc(Cl)c2)nc2c1[nH]c1nc(N3CCOCC3)ccc12. The Bertz CT molecular complexity index is 1250. The van der Waals surface area contributed by atoms with Gasteiger partial charge in [0.25, 0.3) is 0 Å². The first-order valence-electron chi connectivity index (χ1n) is 9.25. The molecular formula is C21H17ClN4O3. The Kier molecular flexibility index (Phi) is 4.34. The molecule has 1 aliphatic heterocycles. The summed E-state index contributed by atoms with van der Waals surface area (Å²) < 4.78 is 5.40. The third-order valence-electron chi connectivity index (χ3n) is 5.08. The van der Waals surface area contributed by atoms with E-state index < -0.39 is 5.97 Å². The molecular weight excluding hydrogens is 392 g/mol. The molecule has 1 aromatic carbocycles. The molecule has 0 saturated carbocycles. The van der Waals surface area contributed by atoms with E-state index in [2.05, 4.69) is 9.88 Å². The van der Waals surface area contributed by atoms with Crippen LogP contribution in [-0.2, 0) is 4.74 Å². The highest BCUT2D eigenvalue weighted by Crippen LogP contribution is 2.31. The third kappa shape index (κ3) is 3.18. The van der Waals surface area contributed by atoms with Gasteiger partial charge in [0.15, 0.2) is 0 Å². The minimum absolute atomic E-state index is 0.149. The summed E-state index contributed by atoms with van der Waals surface area (Å²) in [6, 6.07) is 12.6. The summed E-state index contributed by atoms with van der Waals surface area (Å²) in [4.78, 5) is 26.7. The molecule has 5 rings (SSSR count). The second-order valence-electron chi connectivity index (χ2n) is 6.88. The maximum Gasteiger partial charge on any atom is 0.337 e. The zero-order valence-electron chi connectivity index (χ0n) is 15.4. The second-order valence-corrected chi connectivity index (χ2v) is 7.32. The standard InChI is InChI=1S/C21H17ClN4O3/c22-13-3-1-2-12(10-13)16-11-15(21(27)28)19-18(23-16)14-4-5-17(24-20(14)25-19)26-6-8-29-9-7-26/h1-5,10-11H,6-9H2,(H,24,25)(H,27,28). The first-order valence-corrected chi connectivity index (χ1v) is 9.63. The van der Waals surface area contributed by atoms with Crippen LogP contribution >= 0.6 is 11.6 Å². The number of aromatic nitrogens is 3. The highest BCUT2D eigenvalue weighted by molar-refractivity contribution is 6.30. The van der Waals surface area contributed by atoms with Crippen LogP contribution in [0, 0.1) is 0 Å². The highest BCUT2D eigenvalue weighted by atomic mass is 35.5. The van der Waals surface area contributed by atoms with Crippen LogP contribution in [0.3, 0.4) is 0 Å². The van der Waals surface area contributed by atoms with Crippen LogP contribution in [0.2, 0.25) is 5.02 Å². The summed E-state index contributed by atoms with van der Waals surface area (Å²) in [5, 5.41) is 11.1. The Morgan fingerprint density at radius 3 is 2.72 bits per heavy atom. The number of hydrogen-bond acceptors (Lipinski definition) is 5. The van der Waals surface area contributed by atoms with Crippen molar-refractivity contribution in [2.24, 2.45) is 0 Å². The number of carboxylic acid groups (broad SMARTS) is 1. The van der Waals surface area contributed by atoms with Crippen LogP contribution < -0.4 is 4.90 Å². The van der Waals surface area contributed by atoms with Crippen molar-refractivity contribution in [3.63, 3.8) is 0 Å². The Hall–Kier alpha value is -3.16. The molecule has 146 valence electrons. The minimum atomic E-state index is -1.03. The fourth-order valence-corrected chi connectivity index (χ4v) is 3.84. The van der Waals surface area contributed by atoms with Crippen molar-refractivity contribution in [2.45, 2.75) is 0 Å². The van der Waals surface area contributed by atoms with Crippen molar-refractivity contribution in [3.8, 4) is 11.3 Å². The van der Waals surface area contributed by atoms with Crippen LogP contribution in [0.25, 0.3) is 33.3 Å². The van der Waals surface area contributed by atoms with E-state index in [0.717, 1.165) is 29.9 Å². The number of ether oxygens (including phenoxy) is 1. The number of fused-ring (bicyclic) bond motifs is 3. The molecule has 7 nitrogen and oxygen atoms in total. The number of carboxylic acids is 1. The molecule has 29 heavy (non-hydrogen) atoms. The van der Waals surface area contributed by atoms with Crippen LogP contribution in [0.15, 0.2) is 42.5 Å². The molecule has 0 spiro atoms. The van der Waals surface area contributed by atoms with Gasteiger partial charge in [0.05, 0.1) is 35.5 Å². The van der Waals surface area contributed by atoms with Crippen LogP contribution in [0.1, 0.15) is 10.4 Å². The van der Waals surface area contributed by atoms with Crippen molar-refractivity contribution in [3.05, 3.63) is 53.1 Å². The van der Waals surface area contributed by atoms with E-state index in [1.807, 2.05) is 24.3 Å². The molecule has 1 aliphatic rings. The number of pyridine rings is 2. The van der Waals surface area contributed by atoms with Gasteiger partial charge in [0.2, 0.25) is 0 Å². The van der Waals surface area contributed by atoms with Crippen LogP contribution in [-0.4, -0.2) is 52.3 Å². The molecule has 8 heteroatoms. The lowest BCUT2D eigenvalue weighted by Gasteiger charge is -2.27. The number of nitrogens with zero attached hydrogens (tertiary/aromatic N) is 3. The van der Waals surface area contributed by atoms with Gasteiger partial charge in [-0.1, -0.05) is 23.7 Å². The number of aromatic amines is 1. The number of H-pyrrole nitrogens is 1. The fourth-order valence-electron chi connectivity index (χ4n) is 3.65. The van der Waals surface area contributed by atoms with Gasteiger partial charge in [0, 0.05) is 29.1 Å². The predicted octanol–water partition coefficient (Wildman–Crippen LogP) is 3.97. The van der Waals surface area contributed by atoms with E-state index in [0.29, 0.717) is 40.6 Å². The first-order chi connectivity index (χ1) is 14.1. The minimum Gasteiger partial charge on any atom is -0.478 e. The summed E-state index contributed by atoms with van der Waals surface area (Å²) in [5.41, 5.74) is 3.11. The van der Waals surface area contributed by atoms with Crippen molar-refractivity contribution >= 4 is 45.5 Å². The second kappa shape index (κ2) is 7.02. The van der Waals surface area contributed by atoms with Gasteiger partial charge in [-0.3, -0.25) is 0 Å². The van der Waals surface area contributed by atoms with E-state index in [1.54, 1.807) is 18.2 Å².